The molecule has 0 saturated heterocycles. The lowest BCUT2D eigenvalue weighted by Crippen LogP contribution is -2.49. The Morgan fingerprint density at radius 2 is 1.44 bits per heavy atom. The van der Waals surface area contributed by atoms with Gasteiger partial charge in [0.15, 0.2) is 0 Å². The highest BCUT2D eigenvalue weighted by molar-refractivity contribution is 8.00. The molecule has 2 rings (SSSR count). The molecule has 0 fully saturated rings. The number of benzene rings is 2. The molecule has 41 heavy (non-hydrogen) atoms. The van der Waals surface area contributed by atoms with Gasteiger partial charge in [-0.2, -0.15) is 13.2 Å². The molecule has 0 aromatic heterocycles. The fourth-order valence-electron chi connectivity index (χ4n) is 3.55. The molecule has 0 N–H and O–H groups in total. The number of ether oxygens (including phenoxy) is 3. The molecule has 226 valence electrons. The Kier molecular flexibility index (Phi) is 11.6. The maximum absolute atomic E-state index is 14.7. The maximum atomic E-state index is 14.7. The summed E-state index contributed by atoms with van der Waals surface area (Å²) in [5.74, 6) is -2.00. The second-order valence-electron chi connectivity index (χ2n) is 10.9. The van der Waals surface area contributed by atoms with Gasteiger partial charge in [0.05, 0.1) is 0 Å². The van der Waals surface area contributed by atoms with Crippen LogP contribution in [0.4, 0.5) is 22.4 Å². The van der Waals surface area contributed by atoms with Crippen molar-refractivity contribution in [2.24, 2.45) is 0 Å². The number of carbonyl (C=O) groups excluding carboxylic acids is 3. The molecular weight excluding hydrogens is 566 g/mol. The lowest BCUT2D eigenvalue weighted by Gasteiger charge is -2.32. The molecule has 0 bridgehead atoms. The molecule has 0 radical (unpaired) electrons. The van der Waals surface area contributed by atoms with Gasteiger partial charge in [0.1, 0.15) is 23.9 Å². The third-order valence-corrected chi connectivity index (χ3v) is 6.16. The quantitative estimate of drug-likeness (QED) is 0.120. The van der Waals surface area contributed by atoms with Crippen molar-refractivity contribution in [3.8, 4) is 0 Å². The predicted octanol–water partition coefficient (Wildman–Crippen LogP) is 6.87. The molecule has 0 heterocycles. The summed E-state index contributed by atoms with van der Waals surface area (Å²) >= 11 is -0.292. The number of likely N-dealkylation sites (N-methyl/N-ethyl adjacent to an activating group) is 1. The van der Waals surface area contributed by atoms with E-state index in [-0.39, 0.29) is 29.7 Å². The lowest BCUT2D eigenvalue weighted by molar-refractivity contribution is -0.172. The summed E-state index contributed by atoms with van der Waals surface area (Å²) in [4.78, 5) is 40.0. The van der Waals surface area contributed by atoms with Gasteiger partial charge in [0.2, 0.25) is 6.10 Å². The van der Waals surface area contributed by atoms with Gasteiger partial charge in [0.25, 0.3) is 0 Å². The van der Waals surface area contributed by atoms with Gasteiger partial charge in [-0.15, -0.1) is 0 Å². The number of amides is 1. The first-order valence-electron chi connectivity index (χ1n) is 12.7. The van der Waals surface area contributed by atoms with Crippen molar-refractivity contribution < 1.29 is 46.2 Å². The number of alkyl halides is 4. The fraction of sp³-hybridized carbons (Fsp3) is 0.483. The van der Waals surface area contributed by atoms with Crippen LogP contribution in [-0.2, 0) is 36.8 Å². The van der Waals surface area contributed by atoms with Gasteiger partial charge in [0, 0.05) is 24.8 Å². The minimum absolute atomic E-state index is 0.0642. The zero-order valence-corrected chi connectivity index (χ0v) is 24.6. The molecule has 0 saturated carbocycles. The molecule has 7 nitrogen and oxygen atoms in total. The van der Waals surface area contributed by atoms with E-state index in [1.54, 1.807) is 51.1 Å². The topological polar surface area (TPSA) is 82.1 Å². The number of thioether (sulfide) groups is 1. The van der Waals surface area contributed by atoms with Gasteiger partial charge >= 0.3 is 23.5 Å². The second-order valence-corrected chi connectivity index (χ2v) is 12.1. The standard InChI is InChI=1S/C29H35F4NO6S/c1-27(2,3)40-26(37)34(6)22(17-28(4,5)30)24(35)39-23(25(36)38-18-20-10-8-7-9-11-20)16-19-12-14-21(15-13-19)41-29(31,32)33/h7-15,22-23H,16-18H2,1-6H3/t22-,23-/m0/s1. The van der Waals surface area contributed by atoms with Crippen molar-refractivity contribution in [3.05, 3.63) is 65.7 Å². The molecule has 0 aliphatic heterocycles. The van der Waals surface area contributed by atoms with Crippen LogP contribution in [-0.4, -0.2) is 58.9 Å². The summed E-state index contributed by atoms with van der Waals surface area (Å²) in [5, 5.41) is 0. The van der Waals surface area contributed by atoms with E-state index >= 15 is 0 Å². The Hall–Kier alpha value is -3.28. The Morgan fingerprint density at radius 3 is 1.95 bits per heavy atom. The molecule has 0 aliphatic rings. The number of halogens is 4. The summed E-state index contributed by atoms with van der Waals surface area (Å²) in [6.07, 6.45) is -3.14. The van der Waals surface area contributed by atoms with Crippen LogP contribution in [0.1, 0.15) is 52.2 Å². The zero-order chi connectivity index (χ0) is 31.0. The molecule has 2 aromatic rings. The molecule has 1 amide bonds. The summed E-state index contributed by atoms with van der Waals surface area (Å²) in [6, 6.07) is 12.5. The van der Waals surface area contributed by atoms with Crippen molar-refractivity contribution in [1.82, 2.24) is 4.90 Å². The molecule has 0 unspecified atom stereocenters. The molecule has 2 atom stereocenters. The van der Waals surface area contributed by atoms with E-state index in [0.29, 0.717) is 11.1 Å². The van der Waals surface area contributed by atoms with Crippen LogP contribution in [0.3, 0.4) is 0 Å². The van der Waals surface area contributed by atoms with Crippen LogP contribution in [0.25, 0.3) is 0 Å². The first-order chi connectivity index (χ1) is 18.8. The molecular formula is C29H35F4NO6S. The van der Waals surface area contributed by atoms with Crippen LogP contribution in [0.2, 0.25) is 0 Å². The first kappa shape index (κ1) is 33.9. The monoisotopic (exact) mass is 601 g/mol. The van der Waals surface area contributed by atoms with Crippen molar-refractivity contribution in [2.75, 3.05) is 7.05 Å². The Balaban J connectivity index is 2.30. The van der Waals surface area contributed by atoms with Crippen LogP contribution in [0.5, 0.6) is 0 Å². The largest absolute Gasteiger partial charge is 0.458 e. The van der Waals surface area contributed by atoms with E-state index in [1.807, 2.05) is 0 Å². The normalized spacial score (nSPS) is 13.6. The SMILES string of the molecule is CN(C(=O)OC(C)(C)C)[C@@H](CC(C)(C)F)C(=O)O[C@@H](Cc1ccc(SC(F)(F)F)cc1)C(=O)OCc1ccccc1. The predicted molar refractivity (Wildman–Crippen MR) is 146 cm³/mol. The number of nitrogens with zero attached hydrogens (tertiary/aromatic N) is 1. The number of hydrogen-bond donors (Lipinski definition) is 0. The minimum atomic E-state index is -4.47. The minimum Gasteiger partial charge on any atom is -0.458 e. The first-order valence-corrected chi connectivity index (χ1v) is 13.5. The van der Waals surface area contributed by atoms with Crippen molar-refractivity contribution in [3.63, 3.8) is 0 Å². The van der Waals surface area contributed by atoms with Gasteiger partial charge in [-0.25, -0.2) is 18.8 Å². The van der Waals surface area contributed by atoms with E-state index in [1.165, 1.54) is 45.2 Å². The summed E-state index contributed by atoms with van der Waals surface area (Å²) < 4.78 is 69.0. The Labute approximate surface area is 241 Å². The fourth-order valence-corrected chi connectivity index (χ4v) is 4.09. The molecule has 12 heteroatoms. The highest BCUT2D eigenvalue weighted by Gasteiger charge is 2.38. The zero-order valence-electron chi connectivity index (χ0n) is 23.8. The highest BCUT2D eigenvalue weighted by atomic mass is 32.2. The van der Waals surface area contributed by atoms with Crippen LogP contribution in [0, 0.1) is 0 Å². The van der Waals surface area contributed by atoms with E-state index < -0.39 is 53.4 Å². The number of hydrogen-bond acceptors (Lipinski definition) is 7. The van der Waals surface area contributed by atoms with E-state index in [9.17, 15) is 31.9 Å². The van der Waals surface area contributed by atoms with Gasteiger partial charge in [-0.3, -0.25) is 4.90 Å². The molecule has 0 aliphatic carbocycles. The average molecular weight is 602 g/mol. The van der Waals surface area contributed by atoms with Crippen LogP contribution >= 0.6 is 11.8 Å². The third-order valence-electron chi connectivity index (χ3n) is 5.42. The van der Waals surface area contributed by atoms with Gasteiger partial charge in [-0.05, 0) is 69.6 Å². The van der Waals surface area contributed by atoms with E-state index in [4.69, 9.17) is 14.2 Å². The Bertz CT molecular complexity index is 1160. The summed E-state index contributed by atoms with van der Waals surface area (Å²) in [5.41, 5.74) is -6.23. The van der Waals surface area contributed by atoms with Crippen LogP contribution in [0.15, 0.2) is 59.5 Å². The highest BCUT2D eigenvalue weighted by Crippen LogP contribution is 2.36. The molecule has 0 spiro atoms. The van der Waals surface area contributed by atoms with Gasteiger partial charge < -0.3 is 14.2 Å². The Morgan fingerprint density at radius 1 is 0.854 bits per heavy atom. The van der Waals surface area contributed by atoms with E-state index in [0.717, 1.165) is 4.90 Å². The number of rotatable bonds is 11. The van der Waals surface area contributed by atoms with Crippen molar-refractivity contribution in [2.45, 2.75) is 87.9 Å². The smallest absolute Gasteiger partial charge is 0.446 e. The second kappa shape index (κ2) is 14.1. The molecule has 2 aromatic carbocycles. The summed E-state index contributed by atoms with van der Waals surface area (Å²) in [6.45, 7) is 7.20. The van der Waals surface area contributed by atoms with Crippen molar-refractivity contribution in [1.29, 1.82) is 0 Å². The van der Waals surface area contributed by atoms with Crippen LogP contribution < -0.4 is 0 Å². The van der Waals surface area contributed by atoms with E-state index in [2.05, 4.69) is 0 Å². The maximum Gasteiger partial charge on any atom is 0.446 e. The number of carbonyl (C=O) groups is 3. The third kappa shape index (κ3) is 12.8. The lowest BCUT2D eigenvalue weighted by atomic mass is 10.00. The summed E-state index contributed by atoms with van der Waals surface area (Å²) in [7, 11) is 1.26. The van der Waals surface area contributed by atoms with Crippen molar-refractivity contribution >= 4 is 29.8 Å². The average Bonchev–Trinajstić information content (AvgIpc) is 2.84. The van der Waals surface area contributed by atoms with Gasteiger partial charge in [-0.1, -0.05) is 42.5 Å². The number of esters is 2.